The number of unbranched alkanes of at least 4 members (excludes halogenated alkanes) is 1. The van der Waals surface area contributed by atoms with E-state index in [1.807, 2.05) is 14.0 Å². The lowest BCUT2D eigenvalue weighted by Crippen LogP contribution is -2.26. The van der Waals surface area contributed by atoms with Crippen molar-refractivity contribution in [1.29, 1.82) is 0 Å². The first-order valence-corrected chi connectivity index (χ1v) is 11.9. The number of nitrogens with one attached hydrogen (secondary N) is 1. The minimum absolute atomic E-state index is 0.540. The van der Waals surface area contributed by atoms with E-state index in [9.17, 15) is 0 Å². The van der Waals surface area contributed by atoms with E-state index in [0.29, 0.717) is 0 Å². The van der Waals surface area contributed by atoms with Crippen molar-refractivity contribution in [3.8, 4) is 0 Å². The van der Waals surface area contributed by atoms with E-state index in [1.165, 1.54) is 37.7 Å². The number of allylic oxidation sites excluding steroid dienone is 2. The van der Waals surface area contributed by atoms with Crippen LogP contribution in [0.3, 0.4) is 0 Å². The quantitative estimate of drug-likeness (QED) is 0.237. The highest BCUT2D eigenvalue weighted by atomic mass is 16.5. The molecule has 0 amide bonds. The zero-order valence-electron chi connectivity index (χ0n) is 20.6. The van der Waals surface area contributed by atoms with Crippen LogP contribution in [0.5, 0.6) is 0 Å². The lowest BCUT2D eigenvalue weighted by Gasteiger charge is -2.31. The van der Waals surface area contributed by atoms with Gasteiger partial charge in [0.25, 0.3) is 0 Å². The van der Waals surface area contributed by atoms with Crippen LogP contribution in [-0.4, -0.2) is 18.9 Å². The van der Waals surface area contributed by atoms with Gasteiger partial charge in [-0.1, -0.05) is 63.5 Å². The Morgan fingerprint density at radius 1 is 1.19 bits per heavy atom. The minimum atomic E-state index is -0.540. The molecule has 1 saturated carbocycles. The van der Waals surface area contributed by atoms with Crippen molar-refractivity contribution in [2.75, 3.05) is 7.05 Å². The molecule has 170 valence electrons. The Hall–Kier alpha value is -2.29. The van der Waals surface area contributed by atoms with E-state index >= 15 is 0 Å². The van der Waals surface area contributed by atoms with Crippen LogP contribution in [0.2, 0.25) is 0 Å². The fraction of sp³-hybridized carbons (Fsp3) is 0.536. The number of ether oxygens (including phenoxy) is 1. The van der Waals surface area contributed by atoms with Crippen LogP contribution in [0.15, 0.2) is 59.1 Å². The maximum Gasteiger partial charge on any atom is 0.131 e. The second-order valence-corrected chi connectivity index (χ2v) is 9.02. The lowest BCUT2D eigenvalue weighted by molar-refractivity contribution is 0.0922. The summed E-state index contributed by atoms with van der Waals surface area (Å²) in [6.45, 7) is 14.8. The molecule has 1 fully saturated rings. The Labute approximate surface area is 190 Å². The van der Waals surface area contributed by atoms with Crippen LogP contribution in [0.1, 0.15) is 96.6 Å². The van der Waals surface area contributed by atoms with Crippen LogP contribution in [0.4, 0.5) is 0 Å². The molecule has 1 aromatic rings. The number of benzene rings is 1. The fourth-order valence-corrected chi connectivity index (χ4v) is 4.22. The van der Waals surface area contributed by atoms with Crippen molar-refractivity contribution < 1.29 is 4.74 Å². The summed E-state index contributed by atoms with van der Waals surface area (Å²) < 4.78 is 6.58. The summed E-state index contributed by atoms with van der Waals surface area (Å²) in [6, 6.07) is 9.02. The summed E-state index contributed by atoms with van der Waals surface area (Å²) in [7, 11) is 1.89. The SMILES string of the molecule is C=C(c1ccc(C2CCCCC2)cc1)C(C)(C)OC(=C\CCC)/C(C)=C(\N=C/C)NC. The Morgan fingerprint density at radius 3 is 2.39 bits per heavy atom. The first-order chi connectivity index (χ1) is 14.8. The second kappa shape index (κ2) is 11.9. The number of hydrogen-bond donors (Lipinski definition) is 1. The van der Waals surface area contributed by atoms with Gasteiger partial charge in [0, 0.05) is 18.8 Å². The first-order valence-electron chi connectivity index (χ1n) is 11.9. The van der Waals surface area contributed by atoms with Gasteiger partial charge < -0.3 is 10.1 Å². The number of aliphatic imine (C=N–C) groups is 1. The zero-order chi connectivity index (χ0) is 22.9. The monoisotopic (exact) mass is 422 g/mol. The third kappa shape index (κ3) is 6.85. The van der Waals surface area contributed by atoms with E-state index < -0.39 is 5.60 Å². The predicted octanol–water partition coefficient (Wildman–Crippen LogP) is 7.77. The van der Waals surface area contributed by atoms with Gasteiger partial charge in [0.1, 0.15) is 17.2 Å². The molecule has 0 atom stereocenters. The van der Waals surface area contributed by atoms with E-state index in [0.717, 1.165) is 47.0 Å². The maximum absolute atomic E-state index is 6.58. The Balaban J connectivity index is 2.23. The molecule has 0 radical (unpaired) electrons. The Kier molecular flexibility index (Phi) is 9.61. The van der Waals surface area contributed by atoms with Gasteiger partial charge in [0.05, 0.1) is 0 Å². The molecule has 1 N–H and O–H groups in total. The average Bonchev–Trinajstić information content (AvgIpc) is 2.79. The van der Waals surface area contributed by atoms with E-state index in [4.69, 9.17) is 4.74 Å². The zero-order valence-corrected chi connectivity index (χ0v) is 20.6. The fourth-order valence-electron chi connectivity index (χ4n) is 4.22. The van der Waals surface area contributed by atoms with Crippen LogP contribution < -0.4 is 5.32 Å². The maximum atomic E-state index is 6.58. The molecule has 1 aliphatic carbocycles. The Bertz CT molecular complexity index is 806. The van der Waals surface area contributed by atoms with Crippen molar-refractivity contribution in [2.45, 2.75) is 91.1 Å². The van der Waals surface area contributed by atoms with Gasteiger partial charge in [-0.05, 0) is 75.7 Å². The van der Waals surface area contributed by atoms with E-state index in [1.54, 1.807) is 6.21 Å². The van der Waals surface area contributed by atoms with Crippen molar-refractivity contribution in [3.05, 3.63) is 65.2 Å². The van der Waals surface area contributed by atoms with Gasteiger partial charge in [0.15, 0.2) is 0 Å². The molecule has 31 heavy (non-hydrogen) atoms. The normalized spacial score (nSPS) is 16.9. The third-order valence-corrected chi connectivity index (χ3v) is 6.27. The molecule has 2 rings (SSSR count). The largest absolute Gasteiger partial charge is 0.483 e. The van der Waals surface area contributed by atoms with Gasteiger partial charge in [-0.25, -0.2) is 4.99 Å². The molecule has 3 nitrogen and oxygen atoms in total. The Morgan fingerprint density at radius 2 is 1.84 bits per heavy atom. The summed E-state index contributed by atoms with van der Waals surface area (Å²) in [4.78, 5) is 4.46. The minimum Gasteiger partial charge on any atom is -0.483 e. The van der Waals surface area contributed by atoms with E-state index in [2.05, 4.69) is 74.9 Å². The second-order valence-electron chi connectivity index (χ2n) is 9.02. The molecule has 0 spiro atoms. The van der Waals surface area contributed by atoms with Crippen LogP contribution in [-0.2, 0) is 4.74 Å². The molecule has 3 heteroatoms. The van der Waals surface area contributed by atoms with Crippen LogP contribution in [0, 0.1) is 0 Å². The smallest absolute Gasteiger partial charge is 0.131 e. The third-order valence-electron chi connectivity index (χ3n) is 6.27. The molecule has 0 heterocycles. The highest BCUT2D eigenvalue weighted by molar-refractivity contribution is 5.70. The summed E-state index contributed by atoms with van der Waals surface area (Å²) in [5.41, 5.74) is 4.06. The molecule has 0 saturated heterocycles. The summed E-state index contributed by atoms with van der Waals surface area (Å²) >= 11 is 0. The first kappa shape index (κ1) is 25.0. The number of rotatable bonds is 10. The highest BCUT2D eigenvalue weighted by Gasteiger charge is 2.27. The van der Waals surface area contributed by atoms with Crippen LogP contribution in [0.25, 0.3) is 5.57 Å². The average molecular weight is 423 g/mol. The van der Waals surface area contributed by atoms with Crippen molar-refractivity contribution in [2.24, 2.45) is 4.99 Å². The highest BCUT2D eigenvalue weighted by Crippen LogP contribution is 2.36. The van der Waals surface area contributed by atoms with Crippen LogP contribution >= 0.6 is 0 Å². The molecule has 0 aromatic heterocycles. The standard InChI is InChI=1S/C28H42N2O/c1-8-10-16-26(21(3)27(29-7)30-9-2)31-28(5,6)22(4)23-17-19-25(20-18-23)24-14-12-11-13-15-24/h9,16-20,24,29H,4,8,10-15H2,1-3,5-7H3/b26-16-,27-21-,30-9-. The van der Waals surface area contributed by atoms with Gasteiger partial charge >= 0.3 is 0 Å². The summed E-state index contributed by atoms with van der Waals surface area (Å²) in [5, 5.41) is 3.18. The van der Waals surface area contributed by atoms with Crippen molar-refractivity contribution in [3.63, 3.8) is 0 Å². The molecule has 0 unspecified atom stereocenters. The number of hydrogen-bond acceptors (Lipinski definition) is 3. The topological polar surface area (TPSA) is 33.6 Å². The van der Waals surface area contributed by atoms with Gasteiger partial charge in [0.2, 0.25) is 0 Å². The van der Waals surface area contributed by atoms with Crippen molar-refractivity contribution in [1.82, 2.24) is 5.32 Å². The summed E-state index contributed by atoms with van der Waals surface area (Å²) in [6.07, 6.45) is 12.7. The molecular weight excluding hydrogens is 380 g/mol. The van der Waals surface area contributed by atoms with E-state index in [-0.39, 0.29) is 0 Å². The number of nitrogens with zero attached hydrogens (tertiary/aromatic N) is 1. The molecular formula is C28H42N2O. The predicted molar refractivity (Wildman–Crippen MR) is 135 cm³/mol. The molecule has 0 bridgehead atoms. The van der Waals surface area contributed by atoms with Crippen molar-refractivity contribution >= 4 is 11.8 Å². The molecule has 1 aliphatic rings. The van der Waals surface area contributed by atoms with Gasteiger partial charge in [-0.15, -0.1) is 0 Å². The lowest BCUT2D eigenvalue weighted by atomic mass is 9.83. The molecule has 1 aromatic carbocycles. The van der Waals surface area contributed by atoms with Gasteiger partial charge in [-0.3, -0.25) is 0 Å². The van der Waals surface area contributed by atoms with Gasteiger partial charge in [-0.2, -0.15) is 0 Å². The summed E-state index contributed by atoms with van der Waals surface area (Å²) in [5.74, 6) is 2.40. The molecule has 0 aliphatic heterocycles.